The maximum absolute atomic E-state index is 13.5. The molecule has 0 saturated carbocycles. The molecule has 0 fully saturated rings. The van der Waals surface area contributed by atoms with E-state index >= 15 is 0 Å². The molecule has 2 aromatic carbocycles. The van der Waals surface area contributed by atoms with Gasteiger partial charge in [0, 0.05) is 74.0 Å². The number of halogens is 2. The monoisotopic (exact) mass is 1020 g/mol. The Labute approximate surface area is 399 Å². The van der Waals surface area contributed by atoms with E-state index in [4.69, 9.17) is 0 Å². The number of hydrogen-bond acceptors (Lipinski definition) is 16. The quantitative estimate of drug-likeness (QED) is 0.0923. The molecule has 0 unspecified atom stereocenters. The van der Waals surface area contributed by atoms with Crippen LogP contribution in [0.4, 0.5) is 20.7 Å². The average molecular weight is 1020 g/mol. The molecule has 0 amide bonds. The Kier molecular flexibility index (Phi) is 21.8. The number of aliphatic hydroxyl groups is 4. The Morgan fingerprint density at radius 1 is 0.612 bits per heavy atom. The Morgan fingerprint density at radius 2 is 0.910 bits per heavy atom. The molecule has 18 nitrogen and oxygen atoms in total. The predicted octanol–water partition coefficient (Wildman–Crippen LogP) is 2.13. The fourth-order valence-electron chi connectivity index (χ4n) is 6.07. The molecule has 0 bridgehead atoms. The molecule has 0 spiro atoms. The summed E-state index contributed by atoms with van der Waals surface area (Å²) in [5, 5.41) is 61.1. The number of benzene rings is 2. The number of sulfonamides is 2. The van der Waals surface area contributed by atoms with E-state index < -0.39 is 80.9 Å². The number of carbonyl (C=O) groups excluding carboxylic acids is 2. The van der Waals surface area contributed by atoms with Crippen LogP contribution >= 0.6 is 0 Å². The van der Waals surface area contributed by atoms with Gasteiger partial charge in [-0.2, -0.15) is 0 Å². The molecule has 0 aliphatic heterocycles. The molecule has 0 saturated heterocycles. The van der Waals surface area contributed by atoms with Crippen LogP contribution in [0.3, 0.4) is 0 Å². The van der Waals surface area contributed by atoms with Gasteiger partial charge >= 0.3 is 17.1 Å². The van der Waals surface area contributed by atoms with E-state index in [9.17, 15) is 65.8 Å². The van der Waals surface area contributed by atoms with Crippen molar-refractivity contribution < 1.29 is 82.9 Å². The van der Waals surface area contributed by atoms with E-state index in [0.29, 0.717) is 45.0 Å². The van der Waals surface area contributed by atoms with Crippen LogP contribution in [0, 0.1) is 11.6 Å². The van der Waals surface area contributed by atoms with E-state index in [2.05, 4.69) is 19.9 Å². The molecule has 23 heteroatoms. The summed E-state index contributed by atoms with van der Waals surface area (Å²) in [4.78, 5) is 38.9. The van der Waals surface area contributed by atoms with Gasteiger partial charge in [-0.15, -0.1) is 0 Å². The van der Waals surface area contributed by atoms with Crippen molar-refractivity contribution in [3.05, 3.63) is 94.8 Å². The number of carboxylic acid groups (broad SMARTS) is 2. The molecular weight excluding hydrogens is 970 g/mol. The second-order valence-electron chi connectivity index (χ2n) is 15.9. The van der Waals surface area contributed by atoms with Crippen LogP contribution in [-0.2, 0) is 46.7 Å². The first-order chi connectivity index (χ1) is 30.6. The van der Waals surface area contributed by atoms with Gasteiger partial charge in [-0.05, 0) is 60.4 Å². The minimum Gasteiger partial charge on any atom is -0.550 e. The van der Waals surface area contributed by atoms with Gasteiger partial charge < -0.3 is 40.2 Å². The largest absolute Gasteiger partial charge is 2.00 e. The summed E-state index contributed by atoms with van der Waals surface area (Å²) >= 11 is 0. The van der Waals surface area contributed by atoms with Crippen molar-refractivity contribution in [2.75, 3.05) is 35.2 Å². The summed E-state index contributed by atoms with van der Waals surface area (Å²) in [6.45, 7) is 7.38. The normalized spacial score (nSPS) is 13.7. The summed E-state index contributed by atoms with van der Waals surface area (Å²) in [6, 6.07) is 10.9. The Balaban J connectivity index is 0.000000453. The van der Waals surface area contributed by atoms with Gasteiger partial charge in [0.25, 0.3) is 0 Å². The van der Waals surface area contributed by atoms with E-state index in [-0.39, 0.29) is 53.6 Å². The topological polar surface area (TPSA) is 287 Å². The van der Waals surface area contributed by atoms with Crippen LogP contribution in [-0.4, -0.2) is 120 Å². The maximum Gasteiger partial charge on any atom is 2.00 e. The molecule has 1 radical (unpaired) electrons. The minimum absolute atomic E-state index is 0. The third kappa shape index (κ3) is 17.7. The standard InChI is InChI=1S/2C22H28FN3O6S.Cu/c2*1-13(2)20-18(10-9-16(27)11-17(28)12-19(29)30)21(14-5-7-15(23)8-6-14)25-22(24-20)26(3)33(4,31)32;/h2*5-10,13,16-17,27-28H,11-12H2,1-4H3,(H,29,30);/q;;+2/p-2/b2*10-9+;/t2*16-,17-;/m11./s1. The van der Waals surface area contributed by atoms with Crippen molar-refractivity contribution >= 4 is 56.0 Å². The van der Waals surface area contributed by atoms with Crippen molar-refractivity contribution in [3.63, 3.8) is 0 Å². The summed E-state index contributed by atoms with van der Waals surface area (Å²) < 4.78 is 77.1. The van der Waals surface area contributed by atoms with Gasteiger partial charge in [0.05, 0.1) is 59.7 Å². The van der Waals surface area contributed by atoms with Crippen molar-refractivity contribution in [1.29, 1.82) is 0 Å². The van der Waals surface area contributed by atoms with Gasteiger partial charge in [-0.25, -0.2) is 54.2 Å². The summed E-state index contributed by atoms with van der Waals surface area (Å²) in [7, 11) is -4.67. The predicted molar refractivity (Wildman–Crippen MR) is 240 cm³/mol. The number of aliphatic hydroxyl groups excluding tert-OH is 4. The molecule has 0 aliphatic carbocycles. The Morgan fingerprint density at radius 3 is 1.16 bits per heavy atom. The number of aliphatic carboxylic acids is 2. The number of carbonyl (C=O) groups is 2. The van der Waals surface area contributed by atoms with E-state index in [0.717, 1.165) is 21.1 Å². The fraction of sp³-hybridized carbons (Fsp3) is 0.409. The minimum atomic E-state index is -3.66. The first-order valence-electron chi connectivity index (χ1n) is 20.3. The van der Waals surface area contributed by atoms with Gasteiger partial charge in [0.2, 0.25) is 31.9 Å². The van der Waals surface area contributed by atoms with Crippen LogP contribution < -0.4 is 18.8 Å². The molecule has 67 heavy (non-hydrogen) atoms. The number of aromatic nitrogens is 4. The third-order valence-electron chi connectivity index (χ3n) is 9.62. The molecule has 4 N–H and O–H groups in total. The molecule has 0 aliphatic rings. The van der Waals surface area contributed by atoms with Crippen LogP contribution in [0.25, 0.3) is 34.7 Å². The summed E-state index contributed by atoms with van der Waals surface area (Å²) in [5.41, 5.74) is 3.52. The molecule has 4 rings (SSSR count). The van der Waals surface area contributed by atoms with Crippen LogP contribution in [0.5, 0.6) is 0 Å². The fourth-order valence-corrected chi connectivity index (χ4v) is 6.83. The van der Waals surface area contributed by atoms with Crippen LogP contribution in [0.15, 0.2) is 60.7 Å². The zero-order chi connectivity index (χ0) is 49.8. The maximum atomic E-state index is 13.5. The molecule has 2 heterocycles. The first-order valence-corrected chi connectivity index (χ1v) is 24.0. The van der Waals surface area contributed by atoms with Gasteiger partial charge in [-0.3, -0.25) is 0 Å². The molecule has 2 aromatic heterocycles. The number of anilines is 2. The molecule has 369 valence electrons. The van der Waals surface area contributed by atoms with Crippen molar-refractivity contribution in [2.45, 2.75) is 89.6 Å². The summed E-state index contributed by atoms with van der Waals surface area (Å²) in [6.07, 6.45) is 1.16. The summed E-state index contributed by atoms with van der Waals surface area (Å²) in [5.74, 6) is -4.28. The first kappa shape index (κ1) is 57.9. The Hall–Kier alpha value is -5.26. The van der Waals surface area contributed by atoms with Crippen molar-refractivity contribution in [3.8, 4) is 22.5 Å². The molecular formula is C44H54CuF2N6O12S2. The average Bonchev–Trinajstić information content (AvgIpc) is 3.20. The smallest absolute Gasteiger partial charge is 0.550 e. The van der Waals surface area contributed by atoms with E-state index in [1.165, 1.54) is 86.9 Å². The van der Waals surface area contributed by atoms with Crippen LogP contribution in [0.2, 0.25) is 0 Å². The van der Waals surface area contributed by atoms with Gasteiger partial charge in [0.15, 0.2) is 0 Å². The SMILES string of the molecule is CC(C)c1nc(N(C)S(C)(=O)=O)nc(-c2ccc(F)cc2)c1/C=C/[C@@H](O)C[C@@H](O)CC(=O)[O-].CC(C)c1nc(N(C)S(C)(=O)=O)nc(-c2ccc(F)cc2)c1/C=C/[C@@H](O)C[C@@H](O)CC(=O)[O-].[Cu+2]. The zero-order valence-electron chi connectivity index (χ0n) is 37.8. The number of hydrogen-bond donors (Lipinski definition) is 4. The van der Waals surface area contributed by atoms with E-state index in [1.807, 2.05) is 27.7 Å². The van der Waals surface area contributed by atoms with Gasteiger partial charge in [-0.1, -0.05) is 52.0 Å². The molecule has 4 aromatic rings. The number of rotatable bonds is 20. The van der Waals surface area contributed by atoms with Crippen LogP contribution in [0.1, 0.15) is 87.7 Å². The van der Waals surface area contributed by atoms with E-state index in [1.54, 1.807) is 0 Å². The second-order valence-corrected chi connectivity index (χ2v) is 19.9. The van der Waals surface area contributed by atoms with Crippen molar-refractivity contribution in [2.24, 2.45) is 0 Å². The molecule has 4 atom stereocenters. The third-order valence-corrected chi connectivity index (χ3v) is 11.9. The number of carboxylic acids is 2. The zero-order valence-corrected chi connectivity index (χ0v) is 40.4. The Bertz CT molecular complexity index is 2430. The van der Waals surface area contributed by atoms with Gasteiger partial charge in [0.1, 0.15) is 11.6 Å². The second kappa shape index (κ2) is 25.2. The van der Waals surface area contributed by atoms with Crippen molar-refractivity contribution in [1.82, 2.24) is 19.9 Å². The number of nitrogens with zero attached hydrogens (tertiary/aromatic N) is 6.